The van der Waals surface area contributed by atoms with Crippen LogP contribution in [0.25, 0.3) is 99.5 Å². The molecule has 0 spiro atoms. The molecule has 5 nitrogen and oxygen atoms in total. The fourth-order valence-electron chi connectivity index (χ4n) is 14.1. The molecule has 0 atom stereocenters. The van der Waals surface area contributed by atoms with E-state index >= 15 is 0 Å². The summed E-state index contributed by atoms with van der Waals surface area (Å²) in [5.74, 6) is 0.968. The van der Waals surface area contributed by atoms with Crippen molar-refractivity contribution in [1.82, 2.24) is 23.7 Å². The van der Waals surface area contributed by atoms with Crippen LogP contribution in [0.1, 0.15) is 160 Å². The normalized spacial score (nSPS) is 12.9. The number of imidazole rings is 1. The SMILES string of the molecule is CCCCCCCCC1(CCCCCCn2c(-c3ccccn3)nc3ccccc32)c2cc(-c3ccc4c(c3)c3ccccc3n4CCCCCC)ccc2-c2ccc(-c3ccc4c(c3)c3ccccc3n4CCCCCC)cc21. The molecule has 12 rings (SSSR count). The molecular formula is C75H83N5. The predicted octanol–water partition coefficient (Wildman–Crippen LogP) is 21.5. The van der Waals surface area contributed by atoms with Crippen molar-refractivity contribution in [3.63, 3.8) is 0 Å². The monoisotopic (exact) mass is 1050 g/mol. The maximum Gasteiger partial charge on any atom is 0.159 e. The van der Waals surface area contributed by atoms with Crippen molar-refractivity contribution in [3.8, 4) is 44.9 Å². The molecule has 1 aliphatic rings. The maximum atomic E-state index is 5.10. The van der Waals surface area contributed by atoms with Gasteiger partial charge in [-0.25, -0.2) is 4.98 Å². The molecule has 0 amide bonds. The first-order chi connectivity index (χ1) is 39.6. The minimum absolute atomic E-state index is 0.106. The van der Waals surface area contributed by atoms with E-state index in [1.807, 2.05) is 12.3 Å². The summed E-state index contributed by atoms with van der Waals surface area (Å²) in [5, 5.41) is 5.46. The van der Waals surface area contributed by atoms with Crippen LogP contribution < -0.4 is 0 Å². The summed E-state index contributed by atoms with van der Waals surface area (Å²) in [6, 6.07) is 62.9. The van der Waals surface area contributed by atoms with Crippen LogP contribution in [0.2, 0.25) is 0 Å². The highest BCUT2D eigenvalue weighted by atomic mass is 15.1. The molecule has 0 radical (unpaired) electrons. The zero-order chi connectivity index (χ0) is 54.3. The second-order valence-corrected chi connectivity index (χ2v) is 23.5. The highest BCUT2D eigenvalue weighted by Gasteiger charge is 2.43. The number of pyridine rings is 1. The third-order valence-electron chi connectivity index (χ3n) is 18.3. The third kappa shape index (κ3) is 10.5. The topological polar surface area (TPSA) is 40.6 Å². The Bertz CT molecular complexity index is 3710. The molecule has 0 saturated carbocycles. The molecule has 0 saturated heterocycles. The van der Waals surface area contributed by atoms with Gasteiger partial charge in [-0.05, 0) is 149 Å². The van der Waals surface area contributed by atoms with Gasteiger partial charge >= 0.3 is 0 Å². The first-order valence-corrected chi connectivity index (χ1v) is 31.3. The maximum absolute atomic E-state index is 5.10. The largest absolute Gasteiger partial charge is 0.340 e. The van der Waals surface area contributed by atoms with Crippen molar-refractivity contribution in [2.24, 2.45) is 0 Å². The van der Waals surface area contributed by atoms with Gasteiger partial charge in [-0.2, -0.15) is 0 Å². The van der Waals surface area contributed by atoms with Crippen molar-refractivity contribution in [3.05, 3.63) is 181 Å². The summed E-state index contributed by atoms with van der Waals surface area (Å²) < 4.78 is 7.59. The summed E-state index contributed by atoms with van der Waals surface area (Å²) in [4.78, 5) is 9.85. The highest BCUT2D eigenvalue weighted by molar-refractivity contribution is 6.10. The van der Waals surface area contributed by atoms with E-state index in [1.54, 1.807) is 11.1 Å². The van der Waals surface area contributed by atoms with Gasteiger partial charge in [0, 0.05) is 74.9 Å². The fourth-order valence-corrected chi connectivity index (χ4v) is 14.1. The number of fused-ring (bicyclic) bond motifs is 10. The van der Waals surface area contributed by atoms with E-state index in [2.05, 4.69) is 192 Å². The molecule has 4 heterocycles. The third-order valence-corrected chi connectivity index (χ3v) is 18.3. The van der Waals surface area contributed by atoms with Gasteiger partial charge in [0.15, 0.2) is 5.82 Å². The first-order valence-electron chi connectivity index (χ1n) is 31.3. The second kappa shape index (κ2) is 24.6. The number of hydrogen-bond donors (Lipinski definition) is 0. The lowest BCUT2D eigenvalue weighted by molar-refractivity contribution is 0.397. The molecule has 80 heavy (non-hydrogen) atoms. The summed E-state index contributed by atoms with van der Waals surface area (Å²) in [7, 11) is 0. The van der Waals surface area contributed by atoms with Gasteiger partial charge in [0.05, 0.1) is 11.0 Å². The van der Waals surface area contributed by atoms with E-state index in [-0.39, 0.29) is 5.41 Å². The van der Waals surface area contributed by atoms with E-state index in [0.29, 0.717) is 0 Å². The number of nitrogens with zero attached hydrogens (tertiary/aromatic N) is 5. The van der Waals surface area contributed by atoms with Crippen LogP contribution in [-0.2, 0) is 25.0 Å². The molecule has 0 aliphatic heterocycles. The van der Waals surface area contributed by atoms with Crippen molar-refractivity contribution in [1.29, 1.82) is 0 Å². The van der Waals surface area contributed by atoms with Crippen LogP contribution in [-0.4, -0.2) is 23.7 Å². The molecule has 408 valence electrons. The average molecular weight is 1050 g/mol. The number of benzene rings is 7. The zero-order valence-corrected chi connectivity index (χ0v) is 48.2. The summed E-state index contributed by atoms with van der Waals surface area (Å²) in [6.45, 7) is 10.00. The van der Waals surface area contributed by atoms with Crippen LogP contribution in [0.5, 0.6) is 0 Å². The van der Waals surface area contributed by atoms with Crippen molar-refractivity contribution >= 4 is 54.6 Å². The van der Waals surface area contributed by atoms with Gasteiger partial charge in [0.25, 0.3) is 0 Å². The van der Waals surface area contributed by atoms with E-state index in [1.165, 1.54) is 192 Å². The molecule has 1 aliphatic carbocycles. The van der Waals surface area contributed by atoms with Crippen molar-refractivity contribution in [2.45, 2.75) is 174 Å². The molecular weight excluding hydrogens is 971 g/mol. The molecule has 4 aromatic heterocycles. The van der Waals surface area contributed by atoms with Crippen molar-refractivity contribution < 1.29 is 0 Å². The smallest absolute Gasteiger partial charge is 0.159 e. The summed E-state index contributed by atoms with van der Waals surface area (Å²) >= 11 is 0. The van der Waals surface area contributed by atoms with Gasteiger partial charge in [0.1, 0.15) is 5.69 Å². The number of aromatic nitrogens is 5. The standard InChI is InChI=1S/C75H83N5/c1-4-7-10-13-14-24-45-75(46-25-15-16-29-50-80-73-36-22-19-32-67(73)77-74(80)68-33-23-26-47-76-68)65-53-57(55-39-43-71-63(51-55)61-30-17-20-34-69(61)78(71)48-27-11-8-5-2)37-41-59(65)60-42-38-58(54-66(60)75)56-40-44-72-64(52-56)62-31-18-21-35-70(62)79(72)49-28-12-9-6-3/h17-23,26,30-44,47,51-54H,4-16,24-25,27-29,45-46,48-50H2,1-3H3. The van der Waals surface area contributed by atoms with E-state index < -0.39 is 0 Å². The van der Waals surface area contributed by atoms with Crippen LogP contribution in [0.3, 0.4) is 0 Å². The fraction of sp³-hybridized carbons (Fsp3) is 0.360. The van der Waals surface area contributed by atoms with E-state index in [9.17, 15) is 0 Å². The number of aryl methyl sites for hydroxylation is 3. The zero-order valence-electron chi connectivity index (χ0n) is 48.2. The Kier molecular flexibility index (Phi) is 16.4. The number of para-hydroxylation sites is 4. The summed E-state index contributed by atoms with van der Waals surface area (Å²) in [5.41, 5.74) is 19.7. The van der Waals surface area contributed by atoms with Crippen LogP contribution >= 0.6 is 0 Å². The first kappa shape index (κ1) is 53.4. The van der Waals surface area contributed by atoms with Gasteiger partial charge in [-0.3, -0.25) is 4.98 Å². The summed E-state index contributed by atoms with van der Waals surface area (Å²) in [6.07, 6.45) is 26.6. The number of rotatable bonds is 27. The number of unbranched alkanes of at least 4 members (excludes halogenated alkanes) is 14. The molecule has 0 unspecified atom stereocenters. The second-order valence-electron chi connectivity index (χ2n) is 23.5. The Balaban J connectivity index is 0.915. The Morgan fingerprint density at radius 3 is 1.31 bits per heavy atom. The van der Waals surface area contributed by atoms with Gasteiger partial charge in [-0.15, -0.1) is 0 Å². The van der Waals surface area contributed by atoms with Gasteiger partial charge in [-0.1, -0.05) is 208 Å². The van der Waals surface area contributed by atoms with Crippen LogP contribution in [0.15, 0.2) is 170 Å². The predicted molar refractivity (Wildman–Crippen MR) is 342 cm³/mol. The van der Waals surface area contributed by atoms with E-state index in [0.717, 1.165) is 55.9 Å². The van der Waals surface area contributed by atoms with E-state index in [4.69, 9.17) is 9.97 Å². The Hall–Kier alpha value is -7.24. The molecule has 7 aromatic carbocycles. The van der Waals surface area contributed by atoms with Gasteiger partial charge in [0.2, 0.25) is 0 Å². The highest BCUT2D eigenvalue weighted by Crippen LogP contribution is 2.56. The molecule has 5 heteroatoms. The lowest BCUT2D eigenvalue weighted by atomic mass is 9.70. The van der Waals surface area contributed by atoms with Crippen molar-refractivity contribution in [2.75, 3.05) is 0 Å². The number of hydrogen-bond acceptors (Lipinski definition) is 2. The quantitative estimate of drug-likeness (QED) is 0.0482. The average Bonchev–Trinajstić information content (AvgIpc) is 4.26. The molecule has 0 bridgehead atoms. The van der Waals surface area contributed by atoms with Crippen LogP contribution in [0, 0.1) is 0 Å². The van der Waals surface area contributed by atoms with Gasteiger partial charge < -0.3 is 13.7 Å². The minimum Gasteiger partial charge on any atom is -0.340 e. The van der Waals surface area contributed by atoms with Crippen LogP contribution in [0.4, 0.5) is 0 Å². The molecule has 0 N–H and O–H groups in total. The molecule has 0 fully saturated rings. The Morgan fingerprint density at radius 2 is 0.775 bits per heavy atom. The lowest BCUT2D eigenvalue weighted by Crippen LogP contribution is -2.25. The lowest BCUT2D eigenvalue weighted by Gasteiger charge is -2.33. The Morgan fingerprint density at radius 1 is 0.350 bits per heavy atom. The minimum atomic E-state index is -0.106. The molecule has 11 aromatic rings. The Labute approximate surface area is 476 Å².